The zero-order valence-electron chi connectivity index (χ0n) is 12.9. The molecular formula is C17H20N4O. The average Bonchev–Trinajstić information content (AvgIpc) is 2.99. The molecule has 3 rings (SSSR count). The highest BCUT2D eigenvalue weighted by Crippen LogP contribution is 2.18. The highest BCUT2D eigenvalue weighted by Gasteiger charge is 2.23. The summed E-state index contributed by atoms with van der Waals surface area (Å²) in [4.78, 5) is 2.38. The molecule has 0 unspecified atom stereocenters. The number of morpholine rings is 1. The van der Waals surface area contributed by atoms with Crippen molar-refractivity contribution in [1.82, 2.24) is 14.7 Å². The Morgan fingerprint density at radius 3 is 2.77 bits per heavy atom. The van der Waals surface area contributed by atoms with Gasteiger partial charge in [0.05, 0.1) is 36.7 Å². The van der Waals surface area contributed by atoms with E-state index in [0.29, 0.717) is 11.6 Å². The number of benzene rings is 1. The SMILES string of the molecule is C[C@H]1CN(Cn2ccc(-c3ccc(C#N)cc3)n2)[C@@H](C)CO1. The summed E-state index contributed by atoms with van der Waals surface area (Å²) in [6, 6.07) is 12.1. The van der Waals surface area contributed by atoms with E-state index in [1.165, 1.54) is 0 Å². The maximum Gasteiger partial charge on any atom is 0.0991 e. The van der Waals surface area contributed by atoms with Crippen molar-refractivity contribution in [2.24, 2.45) is 0 Å². The second-order valence-corrected chi connectivity index (χ2v) is 5.84. The minimum Gasteiger partial charge on any atom is -0.376 e. The Bertz CT molecular complexity index is 671. The first-order valence-corrected chi connectivity index (χ1v) is 7.55. The van der Waals surface area contributed by atoms with Crippen molar-refractivity contribution in [2.45, 2.75) is 32.7 Å². The Balaban J connectivity index is 1.71. The maximum absolute atomic E-state index is 8.85. The van der Waals surface area contributed by atoms with Gasteiger partial charge in [-0.1, -0.05) is 12.1 Å². The highest BCUT2D eigenvalue weighted by molar-refractivity contribution is 5.59. The normalized spacial score (nSPS) is 22.4. The molecule has 5 nitrogen and oxygen atoms in total. The number of nitrogens with zero attached hydrogens (tertiary/aromatic N) is 4. The van der Waals surface area contributed by atoms with Crippen LogP contribution < -0.4 is 0 Å². The number of nitriles is 1. The molecule has 114 valence electrons. The van der Waals surface area contributed by atoms with Crippen molar-refractivity contribution in [3.05, 3.63) is 42.1 Å². The summed E-state index contributed by atoms with van der Waals surface area (Å²) in [5, 5.41) is 13.5. The van der Waals surface area contributed by atoms with Gasteiger partial charge >= 0.3 is 0 Å². The molecule has 0 radical (unpaired) electrons. The van der Waals surface area contributed by atoms with Crippen LogP contribution in [0.1, 0.15) is 19.4 Å². The summed E-state index contributed by atoms with van der Waals surface area (Å²) in [5.74, 6) is 0. The minimum absolute atomic E-state index is 0.268. The summed E-state index contributed by atoms with van der Waals surface area (Å²) in [6.07, 6.45) is 2.27. The van der Waals surface area contributed by atoms with E-state index >= 15 is 0 Å². The van der Waals surface area contributed by atoms with Gasteiger partial charge in [-0.05, 0) is 32.0 Å². The van der Waals surface area contributed by atoms with Crippen molar-refractivity contribution in [2.75, 3.05) is 13.2 Å². The topological polar surface area (TPSA) is 54.1 Å². The standard InChI is InChI=1S/C17H20N4O/c1-13-11-22-14(2)10-20(13)12-21-8-7-17(19-21)16-5-3-15(9-18)4-6-16/h3-8,13-14H,10-12H2,1-2H3/t13-,14-/m0/s1. The summed E-state index contributed by atoms with van der Waals surface area (Å²) in [5.41, 5.74) is 2.62. The molecule has 0 amide bonds. The fourth-order valence-electron chi connectivity index (χ4n) is 2.66. The van der Waals surface area contributed by atoms with Crippen molar-refractivity contribution in [3.63, 3.8) is 0 Å². The first-order valence-electron chi connectivity index (χ1n) is 7.55. The molecule has 0 saturated carbocycles. The van der Waals surface area contributed by atoms with Crippen LogP contribution in [0.2, 0.25) is 0 Å². The third-order valence-electron chi connectivity index (χ3n) is 4.01. The van der Waals surface area contributed by atoms with E-state index < -0.39 is 0 Å². The Morgan fingerprint density at radius 2 is 2.05 bits per heavy atom. The Hall–Kier alpha value is -2.16. The van der Waals surface area contributed by atoms with E-state index in [9.17, 15) is 0 Å². The molecule has 0 N–H and O–H groups in total. The molecule has 0 spiro atoms. The number of hydrogen-bond donors (Lipinski definition) is 0. The van der Waals surface area contributed by atoms with E-state index in [-0.39, 0.29) is 6.10 Å². The van der Waals surface area contributed by atoms with Crippen molar-refractivity contribution in [1.29, 1.82) is 5.26 Å². The van der Waals surface area contributed by atoms with Crippen LogP contribution in [0, 0.1) is 11.3 Å². The lowest BCUT2D eigenvalue weighted by Gasteiger charge is -2.36. The van der Waals surface area contributed by atoms with Gasteiger partial charge in [0.2, 0.25) is 0 Å². The number of hydrogen-bond acceptors (Lipinski definition) is 4. The summed E-state index contributed by atoms with van der Waals surface area (Å²) in [6.45, 7) is 6.74. The Morgan fingerprint density at radius 1 is 1.27 bits per heavy atom. The molecule has 2 heterocycles. The summed E-state index contributed by atoms with van der Waals surface area (Å²) >= 11 is 0. The molecular weight excluding hydrogens is 276 g/mol. The van der Waals surface area contributed by atoms with Crippen molar-refractivity contribution in [3.8, 4) is 17.3 Å². The van der Waals surface area contributed by atoms with Crippen molar-refractivity contribution >= 4 is 0 Å². The third-order valence-corrected chi connectivity index (χ3v) is 4.01. The van der Waals surface area contributed by atoms with E-state index in [0.717, 1.165) is 31.1 Å². The number of aromatic nitrogens is 2. The van der Waals surface area contributed by atoms with Crippen LogP contribution in [0.4, 0.5) is 0 Å². The number of rotatable bonds is 3. The zero-order valence-corrected chi connectivity index (χ0v) is 12.9. The minimum atomic E-state index is 0.268. The molecule has 0 aliphatic carbocycles. The predicted octanol–water partition coefficient (Wildman–Crippen LogP) is 2.49. The summed E-state index contributed by atoms with van der Waals surface area (Å²) in [7, 11) is 0. The molecule has 0 bridgehead atoms. The molecule has 2 aromatic rings. The lowest BCUT2D eigenvalue weighted by Crippen LogP contribution is -2.47. The van der Waals surface area contributed by atoms with Gasteiger partial charge in [-0.15, -0.1) is 0 Å². The van der Waals surface area contributed by atoms with Crippen molar-refractivity contribution < 1.29 is 4.74 Å². The molecule has 1 aliphatic rings. The van der Waals surface area contributed by atoms with E-state index in [1.54, 1.807) is 0 Å². The van der Waals surface area contributed by atoms with Gasteiger partial charge in [-0.3, -0.25) is 9.58 Å². The van der Waals surface area contributed by atoms with Gasteiger partial charge in [0, 0.05) is 24.3 Å². The number of ether oxygens (including phenoxy) is 1. The highest BCUT2D eigenvalue weighted by atomic mass is 16.5. The third kappa shape index (κ3) is 3.19. The van der Waals surface area contributed by atoms with Gasteiger partial charge in [0.15, 0.2) is 0 Å². The van der Waals surface area contributed by atoms with Gasteiger partial charge in [-0.2, -0.15) is 10.4 Å². The Labute approximate surface area is 130 Å². The molecule has 1 aliphatic heterocycles. The fourth-order valence-corrected chi connectivity index (χ4v) is 2.66. The monoisotopic (exact) mass is 296 g/mol. The fraction of sp³-hybridized carbons (Fsp3) is 0.412. The first kappa shape index (κ1) is 14.8. The maximum atomic E-state index is 8.85. The van der Waals surface area contributed by atoms with E-state index in [2.05, 4.69) is 29.9 Å². The summed E-state index contributed by atoms with van der Waals surface area (Å²) < 4.78 is 7.62. The predicted molar refractivity (Wildman–Crippen MR) is 84.0 cm³/mol. The van der Waals surface area contributed by atoms with E-state index in [4.69, 9.17) is 10.00 Å². The molecule has 2 atom stereocenters. The van der Waals surface area contributed by atoms with Gasteiger partial charge in [-0.25, -0.2) is 0 Å². The smallest absolute Gasteiger partial charge is 0.0991 e. The molecule has 22 heavy (non-hydrogen) atoms. The van der Waals surface area contributed by atoms with Crippen LogP contribution in [0.3, 0.4) is 0 Å². The lowest BCUT2D eigenvalue weighted by molar-refractivity contribution is -0.0622. The van der Waals surface area contributed by atoms with Crippen LogP contribution >= 0.6 is 0 Å². The molecule has 1 fully saturated rings. The van der Waals surface area contributed by atoms with Crippen LogP contribution in [0.5, 0.6) is 0 Å². The zero-order chi connectivity index (χ0) is 15.5. The van der Waals surface area contributed by atoms with E-state index in [1.807, 2.05) is 41.2 Å². The van der Waals surface area contributed by atoms with Crippen LogP contribution in [0.15, 0.2) is 36.5 Å². The molecule has 1 saturated heterocycles. The average molecular weight is 296 g/mol. The first-order chi connectivity index (χ1) is 10.7. The van der Waals surface area contributed by atoms with Gasteiger partial charge in [0.25, 0.3) is 0 Å². The van der Waals surface area contributed by atoms with Crippen LogP contribution in [0.25, 0.3) is 11.3 Å². The quantitative estimate of drug-likeness (QED) is 0.873. The largest absolute Gasteiger partial charge is 0.376 e. The van der Waals surface area contributed by atoms with Gasteiger partial charge in [0.1, 0.15) is 0 Å². The lowest BCUT2D eigenvalue weighted by atomic mass is 10.1. The molecule has 5 heteroatoms. The van der Waals surface area contributed by atoms with Crippen LogP contribution in [-0.4, -0.2) is 40.0 Å². The molecule has 1 aromatic heterocycles. The van der Waals surface area contributed by atoms with Crippen LogP contribution in [-0.2, 0) is 11.4 Å². The Kier molecular flexibility index (Phi) is 4.23. The second kappa shape index (κ2) is 6.30. The second-order valence-electron chi connectivity index (χ2n) is 5.84. The van der Waals surface area contributed by atoms with Gasteiger partial charge < -0.3 is 4.74 Å². The molecule has 1 aromatic carbocycles.